The van der Waals surface area contributed by atoms with Crippen molar-refractivity contribution in [3.8, 4) is 11.5 Å². The fourth-order valence-corrected chi connectivity index (χ4v) is 2.37. The largest absolute Gasteiger partial charge is 0.493 e. The average Bonchev–Trinajstić information content (AvgIpc) is 3.32. The fourth-order valence-electron chi connectivity index (χ4n) is 2.37. The topological polar surface area (TPSA) is 132 Å². The van der Waals surface area contributed by atoms with Gasteiger partial charge in [-0.3, -0.25) is 14.6 Å². The lowest BCUT2D eigenvalue weighted by Crippen LogP contribution is -2.37. The molecule has 0 unspecified atom stereocenters. The van der Waals surface area contributed by atoms with Gasteiger partial charge in [-0.25, -0.2) is 10.2 Å². The molecule has 0 aliphatic heterocycles. The molecule has 3 rings (SSSR count). The van der Waals surface area contributed by atoms with Gasteiger partial charge >= 0.3 is 17.8 Å². The van der Waals surface area contributed by atoms with Crippen LogP contribution >= 0.6 is 0 Å². The summed E-state index contributed by atoms with van der Waals surface area (Å²) in [5, 5.41) is 6.14. The third kappa shape index (κ3) is 6.00. The number of carbonyl (C=O) groups excluding carboxylic acids is 3. The molecule has 2 aromatic heterocycles. The van der Waals surface area contributed by atoms with Crippen molar-refractivity contribution >= 4 is 24.0 Å². The zero-order valence-corrected chi connectivity index (χ0v) is 16.4. The van der Waals surface area contributed by atoms with E-state index in [4.69, 9.17) is 13.9 Å². The number of esters is 1. The first-order valence-corrected chi connectivity index (χ1v) is 9.00. The first-order valence-electron chi connectivity index (χ1n) is 9.00. The molecule has 3 aromatic rings. The van der Waals surface area contributed by atoms with E-state index in [2.05, 4.69) is 20.8 Å². The number of benzene rings is 1. The van der Waals surface area contributed by atoms with Crippen LogP contribution in [0, 0.1) is 0 Å². The lowest BCUT2D eigenvalue weighted by molar-refractivity contribution is -0.139. The lowest BCUT2D eigenvalue weighted by atomic mass is 10.2. The van der Waals surface area contributed by atoms with E-state index in [1.54, 1.807) is 42.6 Å². The molecule has 158 valence electrons. The van der Waals surface area contributed by atoms with Crippen molar-refractivity contribution in [3.63, 3.8) is 0 Å². The van der Waals surface area contributed by atoms with Crippen molar-refractivity contribution in [2.45, 2.75) is 6.54 Å². The Labute approximate surface area is 176 Å². The number of nitrogens with zero attached hydrogens (tertiary/aromatic N) is 2. The summed E-state index contributed by atoms with van der Waals surface area (Å²) in [4.78, 5) is 39.5. The quantitative estimate of drug-likeness (QED) is 0.195. The normalized spacial score (nSPS) is 10.5. The summed E-state index contributed by atoms with van der Waals surface area (Å²) >= 11 is 0. The predicted octanol–water partition coefficient (Wildman–Crippen LogP) is 1.67. The predicted molar refractivity (Wildman–Crippen MR) is 108 cm³/mol. The first kappa shape index (κ1) is 21.2. The number of aromatic nitrogens is 1. The summed E-state index contributed by atoms with van der Waals surface area (Å²) < 4.78 is 15.6. The molecule has 2 amide bonds. The third-order valence-electron chi connectivity index (χ3n) is 3.88. The number of ether oxygens (including phenoxy) is 2. The Morgan fingerprint density at radius 3 is 2.71 bits per heavy atom. The number of nitrogens with one attached hydrogen (secondary N) is 2. The monoisotopic (exact) mass is 422 g/mol. The van der Waals surface area contributed by atoms with Crippen LogP contribution in [0.1, 0.15) is 21.7 Å². The second-order valence-electron chi connectivity index (χ2n) is 6.00. The molecule has 2 N–H and O–H groups in total. The van der Waals surface area contributed by atoms with Gasteiger partial charge in [0.05, 0.1) is 31.7 Å². The highest BCUT2D eigenvalue weighted by atomic mass is 16.6. The number of hydrazone groups is 1. The van der Waals surface area contributed by atoms with Crippen LogP contribution in [0.25, 0.3) is 0 Å². The first-order chi connectivity index (χ1) is 15.1. The highest BCUT2D eigenvalue weighted by Crippen LogP contribution is 2.28. The number of furan rings is 1. The zero-order chi connectivity index (χ0) is 22.1. The van der Waals surface area contributed by atoms with Crippen LogP contribution in [0.15, 0.2) is 70.6 Å². The molecular weight excluding hydrogens is 404 g/mol. The summed E-state index contributed by atoms with van der Waals surface area (Å²) in [6, 6.07) is 11.2. The summed E-state index contributed by atoms with van der Waals surface area (Å²) in [5.41, 5.74) is 2.95. The summed E-state index contributed by atoms with van der Waals surface area (Å²) in [6.07, 6.45) is 5.72. The van der Waals surface area contributed by atoms with E-state index < -0.39 is 17.8 Å². The van der Waals surface area contributed by atoms with Gasteiger partial charge in [0, 0.05) is 12.4 Å². The minimum absolute atomic E-state index is 0.0827. The molecule has 0 fully saturated rings. The smallest absolute Gasteiger partial charge is 0.345 e. The molecule has 0 bridgehead atoms. The minimum Gasteiger partial charge on any atom is -0.493 e. The molecule has 0 radical (unpaired) electrons. The maximum absolute atomic E-state index is 12.2. The van der Waals surface area contributed by atoms with Crippen molar-refractivity contribution < 1.29 is 28.3 Å². The van der Waals surface area contributed by atoms with Crippen molar-refractivity contribution in [1.29, 1.82) is 0 Å². The van der Waals surface area contributed by atoms with Crippen molar-refractivity contribution in [2.24, 2.45) is 5.10 Å². The van der Waals surface area contributed by atoms with Crippen LogP contribution in [0.3, 0.4) is 0 Å². The van der Waals surface area contributed by atoms with Crippen LogP contribution < -0.4 is 20.2 Å². The SMILES string of the molecule is COc1cc(/C=N/NC(=O)C(=O)NCc2ccco2)ccc1OC(=O)c1cccnc1. The minimum atomic E-state index is -0.934. The molecule has 2 heterocycles. The third-order valence-corrected chi connectivity index (χ3v) is 3.88. The maximum atomic E-state index is 12.2. The highest BCUT2D eigenvalue weighted by molar-refractivity contribution is 6.35. The number of rotatable bonds is 7. The van der Waals surface area contributed by atoms with Crippen LogP contribution in [0.2, 0.25) is 0 Å². The zero-order valence-electron chi connectivity index (χ0n) is 16.4. The number of methoxy groups -OCH3 is 1. The van der Waals surface area contributed by atoms with Gasteiger partial charge in [0.2, 0.25) is 0 Å². The second-order valence-corrected chi connectivity index (χ2v) is 6.00. The molecule has 0 saturated heterocycles. The van der Waals surface area contributed by atoms with E-state index in [1.807, 2.05) is 0 Å². The van der Waals surface area contributed by atoms with Gasteiger partial charge in [-0.15, -0.1) is 0 Å². The Balaban J connectivity index is 1.56. The van der Waals surface area contributed by atoms with Gasteiger partial charge in [0.1, 0.15) is 5.76 Å². The van der Waals surface area contributed by atoms with E-state index in [-0.39, 0.29) is 18.0 Å². The molecule has 1 aromatic carbocycles. The Morgan fingerprint density at radius 1 is 1.13 bits per heavy atom. The Morgan fingerprint density at radius 2 is 2.00 bits per heavy atom. The molecule has 0 atom stereocenters. The molecule has 0 spiro atoms. The lowest BCUT2D eigenvalue weighted by Gasteiger charge is -2.09. The van der Waals surface area contributed by atoms with Crippen LogP contribution in [0.5, 0.6) is 11.5 Å². The van der Waals surface area contributed by atoms with E-state index in [0.29, 0.717) is 16.9 Å². The number of pyridine rings is 1. The molecule has 10 heteroatoms. The van der Waals surface area contributed by atoms with Crippen molar-refractivity contribution in [3.05, 3.63) is 78.0 Å². The number of hydrogen-bond acceptors (Lipinski definition) is 8. The van der Waals surface area contributed by atoms with Gasteiger partial charge in [-0.1, -0.05) is 0 Å². The fraction of sp³-hybridized carbons (Fsp3) is 0.0952. The van der Waals surface area contributed by atoms with E-state index in [1.165, 1.54) is 31.9 Å². The van der Waals surface area contributed by atoms with Crippen molar-refractivity contribution in [1.82, 2.24) is 15.7 Å². The standard InChI is InChI=1S/C21H18N4O6/c1-29-18-10-14(6-7-17(18)31-21(28)15-4-2-8-22-12-15)11-24-25-20(27)19(26)23-13-16-5-3-9-30-16/h2-12H,13H2,1H3,(H,23,26)(H,25,27)/b24-11+. The van der Waals surface area contributed by atoms with Gasteiger partial charge in [-0.05, 0) is 48.0 Å². The molecule has 0 saturated carbocycles. The Kier molecular flexibility index (Phi) is 7.09. The number of amides is 2. The molecule has 0 aliphatic rings. The number of hydrogen-bond donors (Lipinski definition) is 2. The van der Waals surface area contributed by atoms with E-state index >= 15 is 0 Å². The second kappa shape index (κ2) is 10.3. The van der Waals surface area contributed by atoms with E-state index in [0.717, 1.165) is 0 Å². The molecule has 10 nitrogen and oxygen atoms in total. The van der Waals surface area contributed by atoms with Crippen LogP contribution in [-0.2, 0) is 16.1 Å². The van der Waals surface area contributed by atoms with Crippen LogP contribution in [0.4, 0.5) is 0 Å². The maximum Gasteiger partial charge on any atom is 0.345 e. The van der Waals surface area contributed by atoms with Gasteiger partial charge in [-0.2, -0.15) is 5.10 Å². The van der Waals surface area contributed by atoms with E-state index in [9.17, 15) is 14.4 Å². The Bertz CT molecular complexity index is 1080. The molecular formula is C21H18N4O6. The van der Waals surface area contributed by atoms with Gasteiger partial charge in [0.25, 0.3) is 0 Å². The molecule has 31 heavy (non-hydrogen) atoms. The summed E-state index contributed by atoms with van der Waals surface area (Å²) in [5.74, 6) is -1.37. The Hall–Kier alpha value is -4.47. The van der Waals surface area contributed by atoms with Crippen molar-refractivity contribution in [2.75, 3.05) is 7.11 Å². The van der Waals surface area contributed by atoms with Gasteiger partial charge < -0.3 is 19.2 Å². The summed E-state index contributed by atoms with van der Waals surface area (Å²) in [6.45, 7) is 0.0827. The average molecular weight is 422 g/mol. The highest BCUT2D eigenvalue weighted by Gasteiger charge is 2.14. The van der Waals surface area contributed by atoms with Gasteiger partial charge in [0.15, 0.2) is 11.5 Å². The molecule has 0 aliphatic carbocycles. The number of carbonyl (C=O) groups is 3. The van der Waals surface area contributed by atoms with Crippen LogP contribution in [-0.4, -0.2) is 36.1 Å². The summed E-state index contributed by atoms with van der Waals surface area (Å²) in [7, 11) is 1.42.